The van der Waals surface area contributed by atoms with Crippen LogP contribution in [0.2, 0.25) is 0 Å². The van der Waals surface area contributed by atoms with Gasteiger partial charge in [0.2, 0.25) is 0 Å². The summed E-state index contributed by atoms with van der Waals surface area (Å²) >= 11 is 0. The van der Waals surface area contributed by atoms with Crippen LogP contribution in [0.4, 0.5) is 0 Å². The topological polar surface area (TPSA) is 24.9 Å². The van der Waals surface area contributed by atoms with Gasteiger partial charge in [0, 0.05) is 44.4 Å². The van der Waals surface area contributed by atoms with Crippen molar-refractivity contribution < 1.29 is 9.68 Å². The minimum Gasteiger partial charge on any atom is -0.290 e. The predicted molar refractivity (Wildman–Crippen MR) is 198 cm³/mol. The van der Waals surface area contributed by atoms with E-state index in [1.807, 2.05) is 18.2 Å². The number of nitrogens with zero attached hydrogens (tertiary/aromatic N) is 2. The van der Waals surface area contributed by atoms with E-state index >= 15 is 0 Å². The fourth-order valence-corrected chi connectivity index (χ4v) is 7.60. The van der Waals surface area contributed by atoms with Crippen molar-refractivity contribution in [3.8, 4) is 23.7 Å². The molecule has 2 atom stereocenters. The van der Waals surface area contributed by atoms with Crippen LogP contribution in [0, 0.1) is 23.7 Å². The molecule has 2 unspecified atom stereocenters. The second-order valence-corrected chi connectivity index (χ2v) is 16.4. The van der Waals surface area contributed by atoms with E-state index in [1.165, 1.54) is 12.8 Å². The van der Waals surface area contributed by atoms with E-state index < -0.39 is 0 Å². The third kappa shape index (κ3) is 8.61. The number of hydroxylamine groups is 4. The van der Waals surface area contributed by atoms with Crippen molar-refractivity contribution in [2.24, 2.45) is 0 Å². The number of benzene rings is 3. The molecule has 4 heteroatoms. The zero-order valence-corrected chi connectivity index (χ0v) is 31.0. The highest BCUT2D eigenvalue weighted by molar-refractivity contribution is 5.49. The maximum atomic E-state index is 6.58. The smallest absolute Gasteiger partial charge is 0.102 e. The summed E-state index contributed by atoms with van der Waals surface area (Å²) in [5, 5.41) is 4.47. The molecule has 254 valence electrons. The highest BCUT2D eigenvalue weighted by Crippen LogP contribution is 2.41. The molecule has 0 N–H and O–H groups in total. The molecule has 0 aromatic heterocycles. The lowest BCUT2D eigenvalue weighted by Crippen LogP contribution is -2.58. The van der Waals surface area contributed by atoms with Crippen LogP contribution < -0.4 is 0 Å². The number of hydrogen-bond acceptors (Lipinski definition) is 4. The van der Waals surface area contributed by atoms with Gasteiger partial charge >= 0.3 is 0 Å². The van der Waals surface area contributed by atoms with Crippen LogP contribution in [0.5, 0.6) is 0 Å². The van der Waals surface area contributed by atoms with Gasteiger partial charge in [-0.25, -0.2) is 0 Å². The molecule has 2 aliphatic heterocycles. The summed E-state index contributed by atoms with van der Waals surface area (Å²) in [5.41, 5.74) is 6.22. The normalized spacial score (nSPS) is 21.2. The Bertz CT molecular complexity index is 1520. The van der Waals surface area contributed by atoms with Crippen LogP contribution in [0.25, 0.3) is 0 Å². The fourth-order valence-electron chi connectivity index (χ4n) is 7.60. The van der Waals surface area contributed by atoms with Gasteiger partial charge in [0.05, 0.1) is 0 Å². The Morgan fingerprint density at radius 1 is 0.479 bits per heavy atom. The van der Waals surface area contributed by atoms with E-state index in [2.05, 4.69) is 158 Å². The van der Waals surface area contributed by atoms with Gasteiger partial charge in [0.1, 0.15) is 12.2 Å². The van der Waals surface area contributed by atoms with Gasteiger partial charge < -0.3 is 0 Å². The Kier molecular flexibility index (Phi) is 10.6. The lowest BCUT2D eigenvalue weighted by atomic mass is 9.82. The van der Waals surface area contributed by atoms with Gasteiger partial charge in [-0.2, -0.15) is 10.1 Å². The van der Waals surface area contributed by atoms with Crippen molar-refractivity contribution >= 4 is 0 Å². The molecule has 3 aromatic rings. The molecule has 0 spiro atoms. The second kappa shape index (κ2) is 14.2. The van der Waals surface area contributed by atoms with Crippen molar-refractivity contribution in [2.75, 3.05) is 0 Å². The van der Waals surface area contributed by atoms with E-state index in [9.17, 15) is 0 Å². The molecule has 0 saturated carbocycles. The zero-order valence-electron chi connectivity index (χ0n) is 31.0. The lowest BCUT2D eigenvalue weighted by molar-refractivity contribution is -0.304. The summed E-state index contributed by atoms with van der Waals surface area (Å²) in [4.78, 5) is 13.2. The summed E-state index contributed by atoms with van der Waals surface area (Å²) in [6.45, 7) is 22.5. The Morgan fingerprint density at radius 2 is 0.792 bits per heavy atom. The molecule has 2 aliphatic rings. The number of hydrogen-bond donors (Lipinski definition) is 0. The molecule has 5 rings (SSSR count). The molecule has 3 aromatic carbocycles. The summed E-state index contributed by atoms with van der Waals surface area (Å²) < 4.78 is 0. The van der Waals surface area contributed by atoms with Crippen LogP contribution in [0.1, 0.15) is 153 Å². The first-order valence-corrected chi connectivity index (χ1v) is 17.8. The Balaban J connectivity index is 1.20. The SMILES string of the molecule is CC(ON1C(C)(C)CCCC1(C)C)c1ccc(C#Cc2cccc(C#Cc3ccc(C(C)ON4C(C)(C)CCCC4(C)C)cc3)c2)cc1. The highest BCUT2D eigenvalue weighted by Gasteiger charge is 2.44. The van der Waals surface area contributed by atoms with Crippen LogP contribution in [-0.2, 0) is 9.68 Å². The van der Waals surface area contributed by atoms with Crippen molar-refractivity contribution in [1.82, 2.24) is 10.1 Å². The van der Waals surface area contributed by atoms with Crippen LogP contribution in [0.3, 0.4) is 0 Å². The summed E-state index contributed by atoms with van der Waals surface area (Å²) in [6, 6.07) is 25.0. The molecule has 0 bridgehead atoms. The highest BCUT2D eigenvalue weighted by atomic mass is 16.7. The largest absolute Gasteiger partial charge is 0.290 e. The minimum absolute atomic E-state index is 0.0151. The first kappa shape index (κ1) is 35.9. The molecule has 48 heavy (non-hydrogen) atoms. The van der Waals surface area contributed by atoms with E-state index in [4.69, 9.17) is 9.68 Å². The first-order chi connectivity index (χ1) is 22.6. The molecular weight excluding hydrogens is 588 g/mol. The number of rotatable bonds is 6. The molecule has 0 amide bonds. The van der Waals surface area contributed by atoms with Gasteiger partial charge in [-0.3, -0.25) is 9.68 Å². The van der Waals surface area contributed by atoms with Crippen molar-refractivity contribution in [3.05, 3.63) is 106 Å². The Hall–Kier alpha value is -3.38. The quantitative estimate of drug-likeness (QED) is 0.249. The van der Waals surface area contributed by atoms with E-state index in [0.717, 1.165) is 59.1 Å². The summed E-state index contributed by atoms with van der Waals surface area (Å²) in [7, 11) is 0. The maximum Gasteiger partial charge on any atom is 0.102 e. The molecule has 2 heterocycles. The standard InChI is InChI=1S/C44H56N2O2/c1-33(47-45-41(3,4)28-12-29-42(45,5)6)39-24-20-35(21-25-39)16-18-37-14-11-15-38(32-37)19-17-36-22-26-40(27-23-36)34(2)48-46-43(7,8)30-13-31-44(46,9)10/h11,14-15,20-27,32-34H,12-13,28-31H2,1-10H3. The van der Waals surface area contributed by atoms with Crippen molar-refractivity contribution in [3.63, 3.8) is 0 Å². The van der Waals surface area contributed by atoms with Gasteiger partial charge in [-0.1, -0.05) is 54.0 Å². The monoisotopic (exact) mass is 644 g/mol. The average Bonchev–Trinajstić information content (AvgIpc) is 3.03. The Labute approximate surface area is 291 Å². The molecular formula is C44H56N2O2. The second-order valence-electron chi connectivity index (χ2n) is 16.4. The third-order valence-electron chi connectivity index (χ3n) is 10.2. The van der Waals surface area contributed by atoms with Crippen LogP contribution >= 0.6 is 0 Å². The average molecular weight is 645 g/mol. The van der Waals surface area contributed by atoms with Crippen molar-refractivity contribution in [2.45, 2.75) is 142 Å². The summed E-state index contributed by atoms with van der Waals surface area (Å²) in [6.07, 6.45) is 6.96. The Morgan fingerprint density at radius 3 is 1.12 bits per heavy atom. The third-order valence-corrected chi connectivity index (χ3v) is 10.2. The molecule has 0 aliphatic carbocycles. The predicted octanol–water partition coefficient (Wildman–Crippen LogP) is 10.6. The van der Waals surface area contributed by atoms with Crippen molar-refractivity contribution in [1.29, 1.82) is 0 Å². The molecule has 0 radical (unpaired) electrons. The number of piperidine rings is 2. The van der Waals surface area contributed by atoms with E-state index in [0.29, 0.717) is 0 Å². The van der Waals surface area contributed by atoms with Gasteiger partial charge in [-0.05, 0) is 161 Å². The first-order valence-electron chi connectivity index (χ1n) is 17.8. The van der Waals surface area contributed by atoms with Gasteiger partial charge in [-0.15, -0.1) is 0 Å². The summed E-state index contributed by atoms with van der Waals surface area (Å²) in [5.74, 6) is 13.3. The van der Waals surface area contributed by atoms with Gasteiger partial charge in [0.25, 0.3) is 0 Å². The van der Waals surface area contributed by atoms with E-state index in [-0.39, 0.29) is 34.4 Å². The van der Waals surface area contributed by atoms with Crippen LogP contribution in [-0.4, -0.2) is 32.3 Å². The minimum atomic E-state index is -0.0359. The lowest BCUT2D eigenvalue weighted by Gasteiger charge is -2.52. The molecule has 2 saturated heterocycles. The fraction of sp³-hybridized carbons (Fsp3) is 0.500. The van der Waals surface area contributed by atoms with Crippen LogP contribution in [0.15, 0.2) is 72.8 Å². The van der Waals surface area contributed by atoms with E-state index in [1.54, 1.807) is 0 Å². The maximum absolute atomic E-state index is 6.58. The zero-order chi connectivity index (χ0) is 34.7. The molecule has 4 nitrogen and oxygen atoms in total. The van der Waals surface area contributed by atoms with Gasteiger partial charge in [0.15, 0.2) is 0 Å². The molecule has 2 fully saturated rings.